The van der Waals surface area contributed by atoms with Crippen LogP contribution in [0.15, 0.2) is 0 Å². The van der Waals surface area contributed by atoms with Crippen molar-refractivity contribution in [2.75, 3.05) is 20.6 Å². The molecule has 0 spiro atoms. The quantitative estimate of drug-likeness (QED) is 0.383. The highest BCUT2D eigenvalue weighted by molar-refractivity contribution is 4.57. The van der Waals surface area contributed by atoms with E-state index in [1.54, 1.807) is 0 Å². The van der Waals surface area contributed by atoms with Crippen LogP contribution in [0, 0.1) is 0 Å². The van der Waals surface area contributed by atoms with Gasteiger partial charge in [-0.3, -0.25) is 11.3 Å². The van der Waals surface area contributed by atoms with Crippen LogP contribution < -0.4 is 11.3 Å². The Bertz CT molecular complexity index is 53.6. The van der Waals surface area contributed by atoms with Crippen LogP contribution >= 0.6 is 0 Å². The van der Waals surface area contributed by atoms with Crippen LogP contribution in [-0.4, -0.2) is 31.6 Å². The number of likely N-dealkylation sites (N-methyl/N-ethyl adjacent to an activating group) is 1. The molecular formula is C5H15N3. The van der Waals surface area contributed by atoms with E-state index in [9.17, 15) is 0 Å². The minimum absolute atomic E-state index is 0.380. The number of hydrazine groups is 1. The summed E-state index contributed by atoms with van der Waals surface area (Å²) in [5.74, 6) is 5.14. The highest BCUT2D eigenvalue weighted by atomic mass is 15.2. The normalized spacial score (nSPS) is 14.6. The molecule has 50 valence electrons. The van der Waals surface area contributed by atoms with Crippen molar-refractivity contribution in [2.24, 2.45) is 5.84 Å². The number of hydrogen-bond donors (Lipinski definition) is 2. The second kappa shape index (κ2) is 3.83. The van der Waals surface area contributed by atoms with Crippen molar-refractivity contribution in [3.63, 3.8) is 0 Å². The molecule has 0 aliphatic heterocycles. The number of nitrogens with one attached hydrogen (secondary N) is 1. The Morgan fingerprint density at radius 1 is 1.62 bits per heavy atom. The minimum Gasteiger partial charge on any atom is -0.308 e. The van der Waals surface area contributed by atoms with E-state index < -0.39 is 0 Å². The van der Waals surface area contributed by atoms with E-state index in [1.807, 2.05) is 21.0 Å². The first-order valence-corrected chi connectivity index (χ1v) is 2.77. The number of hydrogen-bond acceptors (Lipinski definition) is 3. The zero-order chi connectivity index (χ0) is 6.57. The lowest BCUT2D eigenvalue weighted by Gasteiger charge is -2.14. The van der Waals surface area contributed by atoms with Crippen LogP contribution in [0.3, 0.4) is 0 Å². The molecular weight excluding hydrogens is 102 g/mol. The van der Waals surface area contributed by atoms with E-state index >= 15 is 0 Å². The number of rotatable bonds is 3. The van der Waals surface area contributed by atoms with Gasteiger partial charge >= 0.3 is 0 Å². The summed E-state index contributed by atoms with van der Waals surface area (Å²) in [6.45, 7) is 3.02. The van der Waals surface area contributed by atoms with Crippen molar-refractivity contribution in [2.45, 2.75) is 13.0 Å². The highest BCUT2D eigenvalue weighted by Gasteiger charge is 1.97. The Morgan fingerprint density at radius 3 is 2.25 bits per heavy atom. The Kier molecular flexibility index (Phi) is 3.77. The molecule has 0 saturated heterocycles. The maximum absolute atomic E-state index is 5.14. The lowest BCUT2D eigenvalue weighted by Crippen LogP contribution is -2.39. The van der Waals surface area contributed by atoms with Crippen LogP contribution in [0.5, 0.6) is 0 Å². The molecule has 0 aromatic rings. The molecule has 0 aliphatic carbocycles. The van der Waals surface area contributed by atoms with Gasteiger partial charge in [-0.25, -0.2) is 0 Å². The predicted molar refractivity (Wildman–Crippen MR) is 35.3 cm³/mol. The number of nitrogens with two attached hydrogens (primary N) is 1. The Morgan fingerprint density at radius 2 is 2.12 bits per heavy atom. The van der Waals surface area contributed by atoms with Gasteiger partial charge in [0, 0.05) is 12.6 Å². The third-order valence-corrected chi connectivity index (χ3v) is 0.924. The van der Waals surface area contributed by atoms with Crippen molar-refractivity contribution in [1.29, 1.82) is 0 Å². The summed E-state index contributed by atoms with van der Waals surface area (Å²) in [4.78, 5) is 2.09. The molecule has 0 heterocycles. The zero-order valence-electron chi connectivity index (χ0n) is 5.81. The van der Waals surface area contributed by atoms with Gasteiger partial charge in [0.1, 0.15) is 0 Å². The first-order valence-electron chi connectivity index (χ1n) is 2.77. The molecule has 3 nitrogen and oxygen atoms in total. The SMILES string of the molecule is C[C@@H](CN(C)C)NN. The zero-order valence-corrected chi connectivity index (χ0v) is 5.81. The molecule has 8 heavy (non-hydrogen) atoms. The second-order valence-corrected chi connectivity index (χ2v) is 2.33. The lowest BCUT2D eigenvalue weighted by molar-refractivity contribution is 0.353. The van der Waals surface area contributed by atoms with Crippen molar-refractivity contribution in [3.8, 4) is 0 Å². The monoisotopic (exact) mass is 117 g/mol. The third kappa shape index (κ3) is 4.05. The summed E-state index contributed by atoms with van der Waals surface area (Å²) in [5.41, 5.74) is 2.65. The van der Waals surface area contributed by atoms with Crippen molar-refractivity contribution in [3.05, 3.63) is 0 Å². The van der Waals surface area contributed by atoms with Crippen molar-refractivity contribution < 1.29 is 0 Å². The molecule has 0 aromatic carbocycles. The van der Waals surface area contributed by atoms with E-state index in [4.69, 9.17) is 5.84 Å². The van der Waals surface area contributed by atoms with Crippen LogP contribution in [0.1, 0.15) is 6.92 Å². The van der Waals surface area contributed by atoms with Gasteiger partial charge in [-0.15, -0.1) is 0 Å². The standard InChI is InChI=1S/C5H15N3/c1-5(7-6)4-8(2)3/h5,7H,4,6H2,1-3H3/t5-/m0/s1. The smallest absolute Gasteiger partial charge is 0.0309 e. The van der Waals surface area contributed by atoms with E-state index in [-0.39, 0.29) is 0 Å². The second-order valence-electron chi connectivity index (χ2n) is 2.33. The van der Waals surface area contributed by atoms with E-state index in [0.29, 0.717) is 6.04 Å². The maximum atomic E-state index is 5.14. The molecule has 0 unspecified atom stereocenters. The fourth-order valence-corrected chi connectivity index (χ4v) is 0.600. The molecule has 0 rings (SSSR count). The molecule has 3 N–H and O–H groups in total. The van der Waals surface area contributed by atoms with Crippen LogP contribution in [0.4, 0.5) is 0 Å². The van der Waals surface area contributed by atoms with Crippen LogP contribution in [0.25, 0.3) is 0 Å². The Labute approximate surface area is 50.8 Å². The van der Waals surface area contributed by atoms with Crippen molar-refractivity contribution in [1.82, 2.24) is 10.3 Å². The highest BCUT2D eigenvalue weighted by Crippen LogP contribution is 1.79. The van der Waals surface area contributed by atoms with E-state index in [2.05, 4.69) is 10.3 Å². The molecule has 0 fully saturated rings. The first-order chi connectivity index (χ1) is 3.66. The van der Waals surface area contributed by atoms with Crippen LogP contribution in [-0.2, 0) is 0 Å². The van der Waals surface area contributed by atoms with Gasteiger partial charge in [-0.2, -0.15) is 0 Å². The van der Waals surface area contributed by atoms with E-state index in [1.165, 1.54) is 0 Å². The maximum Gasteiger partial charge on any atom is 0.0309 e. The van der Waals surface area contributed by atoms with Gasteiger partial charge in [0.15, 0.2) is 0 Å². The van der Waals surface area contributed by atoms with Gasteiger partial charge in [-0.05, 0) is 21.0 Å². The van der Waals surface area contributed by atoms with Crippen LogP contribution in [0.2, 0.25) is 0 Å². The molecule has 0 radical (unpaired) electrons. The summed E-state index contributed by atoms with van der Waals surface area (Å²) in [7, 11) is 4.04. The van der Waals surface area contributed by atoms with Gasteiger partial charge in [0.2, 0.25) is 0 Å². The summed E-state index contributed by atoms with van der Waals surface area (Å²) < 4.78 is 0. The van der Waals surface area contributed by atoms with Gasteiger partial charge in [0.25, 0.3) is 0 Å². The minimum atomic E-state index is 0.380. The van der Waals surface area contributed by atoms with Crippen molar-refractivity contribution >= 4 is 0 Å². The topological polar surface area (TPSA) is 41.3 Å². The predicted octanol–water partition coefficient (Wildman–Crippen LogP) is -0.600. The molecule has 0 aromatic heterocycles. The summed E-state index contributed by atoms with van der Waals surface area (Å²) in [6, 6.07) is 0.380. The van der Waals surface area contributed by atoms with Gasteiger partial charge in [0.05, 0.1) is 0 Å². The molecule has 0 aliphatic rings. The average molecular weight is 117 g/mol. The van der Waals surface area contributed by atoms with Gasteiger partial charge in [-0.1, -0.05) is 0 Å². The fraction of sp³-hybridized carbons (Fsp3) is 1.00. The number of nitrogens with zero attached hydrogens (tertiary/aromatic N) is 1. The lowest BCUT2D eigenvalue weighted by atomic mass is 10.3. The first kappa shape index (κ1) is 7.88. The van der Waals surface area contributed by atoms with E-state index in [0.717, 1.165) is 6.54 Å². The Hall–Kier alpha value is -0.120. The Balaban J connectivity index is 3.10. The molecule has 0 amide bonds. The van der Waals surface area contributed by atoms with Gasteiger partial charge < -0.3 is 4.90 Å². The summed E-state index contributed by atoms with van der Waals surface area (Å²) in [5, 5.41) is 0. The summed E-state index contributed by atoms with van der Waals surface area (Å²) >= 11 is 0. The average Bonchev–Trinajstić information content (AvgIpc) is 1.65. The molecule has 1 atom stereocenters. The summed E-state index contributed by atoms with van der Waals surface area (Å²) in [6.07, 6.45) is 0. The molecule has 0 bridgehead atoms. The molecule has 3 heteroatoms. The largest absolute Gasteiger partial charge is 0.308 e. The third-order valence-electron chi connectivity index (χ3n) is 0.924. The fourth-order valence-electron chi connectivity index (χ4n) is 0.600. The molecule has 0 saturated carbocycles.